The van der Waals surface area contributed by atoms with Crippen LogP contribution in [-0.2, 0) is 16.0 Å². The van der Waals surface area contributed by atoms with Crippen molar-refractivity contribution >= 4 is 5.78 Å². The van der Waals surface area contributed by atoms with E-state index in [1.54, 1.807) is 18.2 Å². The van der Waals surface area contributed by atoms with Gasteiger partial charge in [-0.1, -0.05) is 6.07 Å². The van der Waals surface area contributed by atoms with Crippen LogP contribution in [0, 0.1) is 0 Å². The molecule has 1 aromatic rings. The van der Waals surface area contributed by atoms with E-state index in [1.807, 2.05) is 0 Å². The molecule has 1 rings (SSSR count). The summed E-state index contributed by atoms with van der Waals surface area (Å²) in [5.74, 6) is -4.73. The summed E-state index contributed by atoms with van der Waals surface area (Å²) in [6.45, 7) is -2.11. The summed E-state index contributed by atoms with van der Waals surface area (Å²) in [6.07, 6.45) is -2.40. The second kappa shape index (κ2) is 6.44. The summed E-state index contributed by atoms with van der Waals surface area (Å²) < 4.78 is 52.7. The molecule has 0 amide bonds. The average molecular weight is 265 g/mol. The molecule has 0 unspecified atom stereocenters. The highest BCUT2D eigenvalue weighted by molar-refractivity contribution is 5.81. The monoisotopic (exact) mass is 265 g/mol. The Morgan fingerprint density at radius 3 is 2.67 bits per heavy atom. The molecule has 1 aromatic heterocycles. The number of hydrogen-bond donors (Lipinski definition) is 0. The molecule has 0 aliphatic carbocycles. The van der Waals surface area contributed by atoms with Crippen LogP contribution < -0.4 is 0 Å². The van der Waals surface area contributed by atoms with Crippen molar-refractivity contribution in [1.82, 2.24) is 4.98 Å². The predicted molar refractivity (Wildman–Crippen MR) is 54.7 cm³/mol. The standard InChI is InChI=1S/C11H11F4NO2/c12-10(13)11(14,15)7-18-6-9(17)5-8-3-1-2-4-16-8/h1-4,10H,5-7H2. The fourth-order valence-electron chi connectivity index (χ4n) is 1.12. The minimum absolute atomic E-state index is 0.0823. The number of alkyl halides is 4. The first-order valence-corrected chi connectivity index (χ1v) is 5.07. The van der Waals surface area contributed by atoms with E-state index in [-0.39, 0.29) is 6.42 Å². The second-order valence-corrected chi connectivity index (χ2v) is 3.59. The zero-order chi connectivity index (χ0) is 13.6. The van der Waals surface area contributed by atoms with Gasteiger partial charge in [0, 0.05) is 11.9 Å². The average Bonchev–Trinajstić information content (AvgIpc) is 2.29. The highest BCUT2D eigenvalue weighted by Crippen LogP contribution is 2.22. The van der Waals surface area contributed by atoms with E-state index in [4.69, 9.17) is 0 Å². The lowest BCUT2D eigenvalue weighted by atomic mass is 10.2. The Labute approximate surface area is 101 Å². The Bertz CT molecular complexity index is 384. The van der Waals surface area contributed by atoms with E-state index >= 15 is 0 Å². The van der Waals surface area contributed by atoms with Gasteiger partial charge in [0.05, 0.1) is 6.42 Å². The van der Waals surface area contributed by atoms with E-state index in [9.17, 15) is 22.4 Å². The summed E-state index contributed by atoms with van der Waals surface area (Å²) >= 11 is 0. The third-order valence-corrected chi connectivity index (χ3v) is 1.98. The lowest BCUT2D eigenvalue weighted by Crippen LogP contribution is -2.33. The summed E-state index contributed by atoms with van der Waals surface area (Å²) in [5, 5.41) is 0. The van der Waals surface area contributed by atoms with Crippen LogP contribution in [0.25, 0.3) is 0 Å². The Hall–Kier alpha value is -1.50. The number of nitrogens with zero attached hydrogens (tertiary/aromatic N) is 1. The van der Waals surface area contributed by atoms with Crippen molar-refractivity contribution in [1.29, 1.82) is 0 Å². The number of carbonyl (C=O) groups excluding carboxylic acids is 1. The number of ether oxygens (including phenoxy) is 1. The lowest BCUT2D eigenvalue weighted by Gasteiger charge is -2.14. The molecular weight excluding hydrogens is 254 g/mol. The summed E-state index contributed by atoms with van der Waals surface area (Å²) in [6, 6.07) is 4.92. The van der Waals surface area contributed by atoms with Gasteiger partial charge in [0.15, 0.2) is 5.78 Å². The molecule has 18 heavy (non-hydrogen) atoms. The number of hydrogen-bond acceptors (Lipinski definition) is 3. The van der Waals surface area contributed by atoms with Crippen LogP contribution in [0.4, 0.5) is 17.6 Å². The van der Waals surface area contributed by atoms with Crippen LogP contribution in [0.1, 0.15) is 5.69 Å². The zero-order valence-electron chi connectivity index (χ0n) is 9.28. The normalized spacial score (nSPS) is 11.8. The number of halogens is 4. The van der Waals surface area contributed by atoms with Gasteiger partial charge >= 0.3 is 12.3 Å². The van der Waals surface area contributed by atoms with Crippen LogP contribution in [0.3, 0.4) is 0 Å². The quantitative estimate of drug-likeness (QED) is 0.709. The molecule has 0 spiro atoms. The molecular formula is C11H11F4NO2. The number of ketones is 1. The first kappa shape index (κ1) is 14.6. The fraction of sp³-hybridized carbons (Fsp3) is 0.455. The Kier molecular flexibility index (Phi) is 5.21. The maximum absolute atomic E-state index is 12.4. The number of carbonyl (C=O) groups is 1. The molecule has 0 aliphatic rings. The first-order valence-electron chi connectivity index (χ1n) is 5.07. The van der Waals surface area contributed by atoms with Crippen LogP contribution in [-0.4, -0.2) is 36.3 Å². The lowest BCUT2D eigenvalue weighted by molar-refractivity contribution is -0.168. The van der Waals surface area contributed by atoms with Crippen molar-refractivity contribution in [3.8, 4) is 0 Å². The summed E-state index contributed by atoms with van der Waals surface area (Å²) in [7, 11) is 0. The van der Waals surface area contributed by atoms with Crippen molar-refractivity contribution < 1.29 is 27.1 Å². The molecule has 0 aromatic carbocycles. The van der Waals surface area contributed by atoms with Gasteiger partial charge in [0.2, 0.25) is 0 Å². The Balaban J connectivity index is 2.30. The number of aromatic nitrogens is 1. The van der Waals surface area contributed by atoms with Gasteiger partial charge in [-0.2, -0.15) is 8.78 Å². The van der Waals surface area contributed by atoms with Crippen molar-refractivity contribution in [2.75, 3.05) is 13.2 Å². The Morgan fingerprint density at radius 1 is 1.39 bits per heavy atom. The van der Waals surface area contributed by atoms with E-state index in [2.05, 4.69) is 9.72 Å². The maximum atomic E-state index is 12.4. The van der Waals surface area contributed by atoms with Gasteiger partial charge in [-0.05, 0) is 12.1 Å². The highest BCUT2D eigenvalue weighted by Gasteiger charge is 2.41. The first-order chi connectivity index (χ1) is 8.42. The molecule has 0 radical (unpaired) electrons. The predicted octanol–water partition coefficient (Wildman–Crippen LogP) is 2.11. The molecule has 0 N–H and O–H groups in total. The van der Waals surface area contributed by atoms with Crippen LogP contribution in [0.15, 0.2) is 24.4 Å². The number of rotatable bonds is 7. The minimum Gasteiger partial charge on any atom is -0.367 e. The smallest absolute Gasteiger partial charge is 0.330 e. The fourth-order valence-corrected chi connectivity index (χ4v) is 1.12. The minimum atomic E-state index is -4.23. The highest BCUT2D eigenvalue weighted by atomic mass is 19.3. The molecule has 0 aliphatic heterocycles. The van der Waals surface area contributed by atoms with Gasteiger partial charge in [0.25, 0.3) is 0 Å². The molecule has 0 bridgehead atoms. The third kappa shape index (κ3) is 4.79. The molecule has 7 heteroatoms. The molecule has 0 saturated heterocycles. The number of pyridine rings is 1. The SMILES string of the molecule is O=C(COCC(F)(F)C(F)F)Cc1ccccn1. The molecule has 100 valence electrons. The summed E-state index contributed by atoms with van der Waals surface area (Å²) in [4.78, 5) is 15.1. The van der Waals surface area contributed by atoms with Gasteiger partial charge < -0.3 is 4.74 Å². The van der Waals surface area contributed by atoms with Gasteiger partial charge in [-0.15, -0.1) is 0 Å². The Morgan fingerprint density at radius 2 is 2.11 bits per heavy atom. The second-order valence-electron chi connectivity index (χ2n) is 3.59. The van der Waals surface area contributed by atoms with Crippen molar-refractivity contribution in [3.63, 3.8) is 0 Å². The topological polar surface area (TPSA) is 39.2 Å². The van der Waals surface area contributed by atoms with Gasteiger partial charge in [-0.3, -0.25) is 9.78 Å². The largest absolute Gasteiger partial charge is 0.367 e. The maximum Gasteiger partial charge on any atom is 0.330 e. The molecule has 3 nitrogen and oxygen atoms in total. The van der Waals surface area contributed by atoms with E-state index < -0.39 is 31.3 Å². The van der Waals surface area contributed by atoms with Crippen LogP contribution in [0.5, 0.6) is 0 Å². The summed E-state index contributed by atoms with van der Waals surface area (Å²) in [5.41, 5.74) is 0.465. The molecule has 0 fully saturated rings. The zero-order valence-corrected chi connectivity index (χ0v) is 9.28. The van der Waals surface area contributed by atoms with Crippen molar-refractivity contribution in [2.24, 2.45) is 0 Å². The van der Waals surface area contributed by atoms with Crippen LogP contribution in [0.2, 0.25) is 0 Å². The van der Waals surface area contributed by atoms with E-state index in [0.29, 0.717) is 5.69 Å². The molecule has 1 heterocycles. The molecule has 0 saturated carbocycles. The van der Waals surface area contributed by atoms with Crippen LogP contribution >= 0.6 is 0 Å². The van der Waals surface area contributed by atoms with Crippen molar-refractivity contribution in [3.05, 3.63) is 30.1 Å². The van der Waals surface area contributed by atoms with E-state index in [0.717, 1.165) is 0 Å². The number of Topliss-reactive ketones (excluding diaryl/α,β-unsaturated/α-hetero) is 1. The van der Waals surface area contributed by atoms with Gasteiger partial charge in [0.1, 0.15) is 13.2 Å². The van der Waals surface area contributed by atoms with E-state index in [1.165, 1.54) is 6.20 Å². The third-order valence-electron chi connectivity index (χ3n) is 1.98. The molecule has 0 atom stereocenters. The van der Waals surface area contributed by atoms with Gasteiger partial charge in [-0.25, -0.2) is 8.78 Å². The van der Waals surface area contributed by atoms with Crippen molar-refractivity contribution in [2.45, 2.75) is 18.8 Å².